The van der Waals surface area contributed by atoms with Crippen LogP contribution >= 0.6 is 34.8 Å². The van der Waals surface area contributed by atoms with Crippen molar-refractivity contribution in [1.82, 2.24) is 5.32 Å². The summed E-state index contributed by atoms with van der Waals surface area (Å²) in [6.07, 6.45) is 0. The van der Waals surface area contributed by atoms with Crippen LogP contribution in [0, 0.1) is 5.82 Å². The van der Waals surface area contributed by atoms with E-state index in [0.717, 1.165) is 11.1 Å². The third-order valence-corrected chi connectivity index (χ3v) is 3.86. The van der Waals surface area contributed by atoms with Crippen molar-refractivity contribution in [1.29, 1.82) is 0 Å². The predicted octanol–water partition coefficient (Wildman–Crippen LogP) is 5.95. The summed E-state index contributed by atoms with van der Waals surface area (Å²) in [7, 11) is 0. The Balaban J connectivity index is 2.53. The fourth-order valence-electron chi connectivity index (χ4n) is 2.07. The molecule has 0 aliphatic heterocycles. The summed E-state index contributed by atoms with van der Waals surface area (Å²) in [5, 5.41) is 4.64. The lowest BCUT2D eigenvalue weighted by molar-refractivity contribution is 0.582. The number of hydrogen-bond acceptors (Lipinski definition) is 1. The molecule has 0 aliphatic carbocycles. The van der Waals surface area contributed by atoms with Gasteiger partial charge in [-0.2, -0.15) is 0 Å². The van der Waals surface area contributed by atoms with Crippen LogP contribution in [0.15, 0.2) is 30.3 Å². The summed E-state index contributed by atoms with van der Waals surface area (Å²) in [4.78, 5) is 0. The van der Waals surface area contributed by atoms with E-state index in [0.29, 0.717) is 27.2 Å². The van der Waals surface area contributed by atoms with Gasteiger partial charge in [0.2, 0.25) is 0 Å². The first-order valence-electron chi connectivity index (χ1n) is 6.55. The molecule has 0 amide bonds. The molecule has 1 nitrogen and oxygen atoms in total. The van der Waals surface area contributed by atoms with Gasteiger partial charge in [0.1, 0.15) is 5.82 Å². The topological polar surface area (TPSA) is 12.0 Å². The van der Waals surface area contributed by atoms with Gasteiger partial charge in [0.15, 0.2) is 0 Å². The Bertz CT molecular complexity index is 633. The number of halogens is 4. The number of rotatable bonds is 4. The molecule has 2 rings (SSSR count). The highest BCUT2D eigenvalue weighted by atomic mass is 35.5. The van der Waals surface area contributed by atoms with E-state index >= 15 is 0 Å². The molecule has 0 fully saturated rings. The smallest absolute Gasteiger partial charge is 0.123 e. The van der Waals surface area contributed by atoms with Crippen molar-refractivity contribution in [3.63, 3.8) is 0 Å². The Labute approximate surface area is 139 Å². The lowest BCUT2D eigenvalue weighted by atomic mass is 9.99. The maximum atomic E-state index is 13.5. The van der Waals surface area contributed by atoms with E-state index in [4.69, 9.17) is 34.8 Å². The van der Waals surface area contributed by atoms with Crippen LogP contribution in [0.25, 0.3) is 11.1 Å². The van der Waals surface area contributed by atoms with Crippen LogP contribution < -0.4 is 5.32 Å². The van der Waals surface area contributed by atoms with Gasteiger partial charge >= 0.3 is 0 Å². The zero-order chi connectivity index (χ0) is 15.6. The minimum absolute atomic E-state index is 0.289. The maximum Gasteiger partial charge on any atom is 0.123 e. The molecular weight excluding hydrogens is 332 g/mol. The SMILES string of the molecule is CC(C)NCc1cc(F)ccc1-c1c(Cl)cc(Cl)cc1Cl. The molecule has 2 aromatic rings. The Hall–Kier alpha value is -0.800. The zero-order valence-electron chi connectivity index (χ0n) is 11.7. The fourth-order valence-corrected chi connectivity index (χ4v) is 3.09. The maximum absolute atomic E-state index is 13.5. The van der Waals surface area contributed by atoms with Crippen LogP contribution in [0.3, 0.4) is 0 Å². The molecule has 21 heavy (non-hydrogen) atoms. The molecule has 0 atom stereocenters. The Kier molecular flexibility index (Phi) is 5.50. The van der Waals surface area contributed by atoms with Crippen LogP contribution in [0.5, 0.6) is 0 Å². The van der Waals surface area contributed by atoms with E-state index in [-0.39, 0.29) is 11.9 Å². The number of nitrogens with one attached hydrogen (secondary N) is 1. The molecule has 0 unspecified atom stereocenters. The van der Waals surface area contributed by atoms with Crippen molar-refractivity contribution >= 4 is 34.8 Å². The highest BCUT2D eigenvalue weighted by molar-refractivity contribution is 6.41. The van der Waals surface area contributed by atoms with Crippen LogP contribution in [0.1, 0.15) is 19.4 Å². The molecule has 0 saturated heterocycles. The first-order chi connectivity index (χ1) is 9.88. The van der Waals surface area contributed by atoms with Gasteiger partial charge in [-0.05, 0) is 35.4 Å². The van der Waals surface area contributed by atoms with E-state index in [1.807, 2.05) is 13.8 Å². The van der Waals surface area contributed by atoms with Crippen LogP contribution in [-0.2, 0) is 6.54 Å². The van der Waals surface area contributed by atoms with Crippen LogP contribution in [-0.4, -0.2) is 6.04 Å². The minimum Gasteiger partial charge on any atom is -0.310 e. The van der Waals surface area contributed by atoms with Gasteiger partial charge in [0.05, 0.1) is 10.0 Å². The van der Waals surface area contributed by atoms with Crippen molar-refractivity contribution in [2.75, 3.05) is 0 Å². The quantitative estimate of drug-likeness (QED) is 0.721. The third kappa shape index (κ3) is 4.10. The third-order valence-electron chi connectivity index (χ3n) is 3.04. The second-order valence-corrected chi connectivity index (χ2v) is 6.33. The molecule has 0 saturated carbocycles. The fraction of sp³-hybridized carbons (Fsp3) is 0.250. The highest BCUT2D eigenvalue weighted by Crippen LogP contribution is 2.39. The lowest BCUT2D eigenvalue weighted by Crippen LogP contribution is -2.22. The molecule has 0 aromatic heterocycles. The summed E-state index contributed by atoms with van der Waals surface area (Å²) in [5.41, 5.74) is 2.27. The minimum atomic E-state index is -0.291. The van der Waals surface area contributed by atoms with E-state index in [1.165, 1.54) is 12.1 Å². The summed E-state index contributed by atoms with van der Waals surface area (Å²) in [6.45, 7) is 4.59. The summed E-state index contributed by atoms with van der Waals surface area (Å²) in [5.74, 6) is -0.291. The van der Waals surface area contributed by atoms with Crippen molar-refractivity contribution in [3.05, 3.63) is 56.8 Å². The van der Waals surface area contributed by atoms with Crippen molar-refractivity contribution in [2.24, 2.45) is 0 Å². The second kappa shape index (κ2) is 6.97. The van der Waals surface area contributed by atoms with E-state index < -0.39 is 0 Å². The van der Waals surface area contributed by atoms with E-state index in [9.17, 15) is 4.39 Å². The molecular formula is C16H15Cl3FN. The lowest BCUT2D eigenvalue weighted by Gasteiger charge is -2.15. The number of hydrogen-bond donors (Lipinski definition) is 1. The van der Waals surface area contributed by atoms with Gasteiger partial charge < -0.3 is 5.32 Å². The average Bonchev–Trinajstić information content (AvgIpc) is 2.37. The highest BCUT2D eigenvalue weighted by Gasteiger charge is 2.14. The van der Waals surface area contributed by atoms with Crippen molar-refractivity contribution in [2.45, 2.75) is 26.4 Å². The van der Waals surface area contributed by atoms with E-state index in [1.54, 1.807) is 18.2 Å². The summed E-state index contributed by atoms with van der Waals surface area (Å²) >= 11 is 18.5. The van der Waals surface area contributed by atoms with Gasteiger partial charge in [0.25, 0.3) is 0 Å². The average molecular weight is 347 g/mol. The molecule has 2 aromatic carbocycles. The van der Waals surface area contributed by atoms with Gasteiger partial charge in [-0.25, -0.2) is 4.39 Å². The molecule has 112 valence electrons. The first kappa shape index (κ1) is 16.6. The molecule has 0 aliphatic rings. The van der Waals surface area contributed by atoms with Gasteiger partial charge in [-0.3, -0.25) is 0 Å². The van der Waals surface area contributed by atoms with Crippen molar-refractivity contribution < 1.29 is 4.39 Å². The Morgan fingerprint density at radius 3 is 2.24 bits per heavy atom. The van der Waals surface area contributed by atoms with E-state index in [2.05, 4.69) is 5.32 Å². The summed E-state index contributed by atoms with van der Waals surface area (Å²) in [6, 6.07) is 8.13. The van der Waals surface area contributed by atoms with Crippen molar-refractivity contribution in [3.8, 4) is 11.1 Å². The zero-order valence-corrected chi connectivity index (χ0v) is 14.0. The molecule has 1 N–H and O–H groups in total. The van der Waals surface area contributed by atoms with Gasteiger partial charge in [-0.1, -0.05) is 54.7 Å². The molecule has 0 spiro atoms. The molecule has 0 bridgehead atoms. The molecule has 5 heteroatoms. The second-order valence-electron chi connectivity index (χ2n) is 5.08. The first-order valence-corrected chi connectivity index (χ1v) is 7.68. The predicted molar refractivity (Wildman–Crippen MR) is 88.8 cm³/mol. The monoisotopic (exact) mass is 345 g/mol. The largest absolute Gasteiger partial charge is 0.310 e. The molecule has 0 heterocycles. The number of benzene rings is 2. The van der Waals surface area contributed by atoms with Gasteiger partial charge in [-0.15, -0.1) is 0 Å². The Morgan fingerprint density at radius 2 is 1.67 bits per heavy atom. The van der Waals surface area contributed by atoms with Crippen LogP contribution in [0.2, 0.25) is 15.1 Å². The molecule has 0 radical (unpaired) electrons. The standard InChI is InChI=1S/C16H15Cl3FN/c1-9(2)21-8-10-5-12(20)3-4-13(10)16-14(18)6-11(17)7-15(16)19/h3-7,9,21H,8H2,1-2H3. The summed E-state index contributed by atoms with van der Waals surface area (Å²) < 4.78 is 13.5. The Morgan fingerprint density at radius 1 is 1.05 bits per heavy atom. The normalized spacial score (nSPS) is 11.2. The van der Waals surface area contributed by atoms with Crippen LogP contribution in [0.4, 0.5) is 4.39 Å². The van der Waals surface area contributed by atoms with Gasteiger partial charge in [0, 0.05) is 23.2 Å².